The number of hydrogen-bond acceptors (Lipinski definition) is 0. The van der Waals surface area contributed by atoms with Crippen LogP contribution < -0.4 is 0 Å². The Bertz CT molecular complexity index is 422. The van der Waals surface area contributed by atoms with E-state index in [1.165, 1.54) is 65.9 Å². The molecule has 0 fully saturated rings. The van der Waals surface area contributed by atoms with Crippen molar-refractivity contribution < 1.29 is 0 Å². The normalized spacial score (nSPS) is 18.5. The lowest BCUT2D eigenvalue weighted by Crippen LogP contribution is -1.89. The molecule has 0 saturated heterocycles. The van der Waals surface area contributed by atoms with Gasteiger partial charge >= 0.3 is 0 Å². The zero-order valence-electron chi connectivity index (χ0n) is 21.3. The summed E-state index contributed by atoms with van der Waals surface area (Å²) < 4.78 is 0. The number of rotatable bonds is 20. The molecule has 0 heterocycles. The lowest BCUT2D eigenvalue weighted by molar-refractivity contribution is 1.50. The van der Waals surface area contributed by atoms with Crippen molar-refractivity contribution in [3.8, 4) is 0 Å². The van der Waals surface area contributed by atoms with Gasteiger partial charge in [0.05, 0.1) is 0 Å². The van der Waals surface area contributed by atoms with Gasteiger partial charge in [0.1, 0.15) is 0 Å². The zero-order chi connectivity index (χ0) is 26.5. The third kappa shape index (κ3) is 29.3. The van der Waals surface area contributed by atoms with Crippen LogP contribution in [-0.4, -0.2) is 73.9 Å². The van der Waals surface area contributed by atoms with Crippen molar-refractivity contribution in [2.24, 2.45) is 0 Å². The van der Waals surface area contributed by atoms with Crippen LogP contribution in [0, 0.1) is 0 Å². The maximum atomic E-state index is 3.14. The van der Waals surface area contributed by atoms with Crippen LogP contribution in [0.3, 0.4) is 0 Å². The molecule has 0 aliphatic rings. The molecule has 0 aromatic rings. The molecule has 0 aliphatic carbocycles. The Morgan fingerprint density at radius 3 is 1.74 bits per heavy atom. The Morgan fingerprint density at radius 2 is 1.29 bits per heavy atom. The highest BCUT2D eigenvalue weighted by molar-refractivity contribution is 8.74. The van der Waals surface area contributed by atoms with Crippen molar-refractivity contribution in [1.82, 2.24) is 0 Å². The van der Waals surface area contributed by atoms with Crippen LogP contribution in [0.5, 0.6) is 0 Å². The van der Waals surface area contributed by atoms with E-state index < -0.39 is 0 Å². The smallest absolute Gasteiger partial charge is 0.00364 e. The summed E-state index contributed by atoms with van der Waals surface area (Å²) in [4.78, 5) is 0. The summed E-state index contributed by atoms with van der Waals surface area (Å²) in [5, 5.41) is 0. The van der Waals surface area contributed by atoms with Gasteiger partial charge in [-0.15, -0.1) is 88.6 Å². The standard InChI is InChI=1S/2C7H26P10/c1-3-15(13-8)7-16(17(10)11)5-4-12-6-14(2)9;1-3-12-6-15(9)4-5-16(13-8)7-14(2)17(10)11/h2*12-13H,3-11H2,1-2H3. The number of hydrogen-bond donors (Lipinski definition) is 0. The van der Waals surface area contributed by atoms with Crippen molar-refractivity contribution in [2.75, 3.05) is 73.9 Å². The lowest BCUT2D eigenvalue weighted by atomic mass is 11.0. The second-order valence-corrected chi connectivity index (χ2v) is 62.3. The molecule has 0 amide bonds. The summed E-state index contributed by atoms with van der Waals surface area (Å²) in [5.41, 5.74) is 0. The summed E-state index contributed by atoms with van der Waals surface area (Å²) in [6.45, 7) is 9.91. The van der Waals surface area contributed by atoms with Crippen LogP contribution in [0.1, 0.15) is 13.8 Å². The van der Waals surface area contributed by atoms with E-state index in [0.29, 0.717) is 22.8 Å². The second-order valence-electron chi connectivity index (χ2n) is 7.30. The van der Waals surface area contributed by atoms with Gasteiger partial charge < -0.3 is 0 Å². The molecular weight excluding hydrogens is 788 g/mol. The fourth-order valence-electron chi connectivity index (χ4n) is 2.23. The van der Waals surface area contributed by atoms with E-state index in [1.54, 1.807) is 11.8 Å². The molecule has 0 rings (SSSR count). The highest BCUT2D eigenvalue weighted by Gasteiger charge is 2.17. The highest BCUT2D eigenvalue weighted by Crippen LogP contribution is 2.84. The Morgan fingerprint density at radius 1 is 0.676 bits per heavy atom. The third-order valence-corrected chi connectivity index (χ3v) is 59.7. The average molecular weight is 840 g/mol. The summed E-state index contributed by atoms with van der Waals surface area (Å²) in [5.74, 6) is 6.10. The van der Waals surface area contributed by atoms with Gasteiger partial charge in [-0.2, -0.15) is 0 Å². The molecule has 0 saturated carbocycles. The molecular formula is C14H52P20. The highest BCUT2D eigenvalue weighted by atomic mass is 32.7. The van der Waals surface area contributed by atoms with Crippen molar-refractivity contribution in [2.45, 2.75) is 13.8 Å². The molecule has 34 heavy (non-hydrogen) atoms. The predicted octanol–water partition coefficient (Wildman–Crippen LogP) is 13.7. The minimum absolute atomic E-state index is 0.174. The topological polar surface area (TPSA) is 0 Å². The Labute approximate surface area is 250 Å². The molecule has 0 aromatic carbocycles. The third-order valence-electron chi connectivity index (χ3n) is 4.31. The quantitative estimate of drug-likeness (QED) is 0.0846. The first-order valence-corrected chi connectivity index (χ1v) is 45.6. The van der Waals surface area contributed by atoms with Gasteiger partial charge in [0, 0.05) is 0 Å². The minimum Gasteiger partial charge on any atom is -0.118 e. The molecule has 20 heteroatoms. The average Bonchev–Trinajstić information content (AvgIpc) is 2.79. The molecule has 0 bridgehead atoms. The minimum atomic E-state index is 0.174. The van der Waals surface area contributed by atoms with Crippen molar-refractivity contribution in [3.05, 3.63) is 0 Å². The Balaban J connectivity index is 0. The maximum Gasteiger partial charge on any atom is -0.00364 e. The van der Waals surface area contributed by atoms with E-state index in [1.807, 2.05) is 0 Å². The zero-order valence-corrected chi connectivity index (χ0v) is 41.7. The Kier molecular flexibility index (Phi) is 41.5. The van der Waals surface area contributed by atoms with Gasteiger partial charge in [-0.3, -0.25) is 0 Å². The fraction of sp³-hybridized carbons (Fsp3) is 1.00. The first kappa shape index (κ1) is 44.7. The van der Waals surface area contributed by atoms with E-state index in [9.17, 15) is 0 Å². The van der Waals surface area contributed by atoms with Gasteiger partial charge in [0.2, 0.25) is 0 Å². The Hall–Kier alpha value is 8.60. The van der Waals surface area contributed by atoms with E-state index in [-0.39, 0.29) is 36.8 Å². The largest absolute Gasteiger partial charge is 0.118 e. The van der Waals surface area contributed by atoms with Crippen LogP contribution in [0.25, 0.3) is 0 Å². The van der Waals surface area contributed by atoms with Crippen molar-refractivity contribution in [3.63, 3.8) is 0 Å². The van der Waals surface area contributed by atoms with Crippen LogP contribution in [0.15, 0.2) is 0 Å². The summed E-state index contributed by atoms with van der Waals surface area (Å²) in [7, 11) is 30.9. The van der Waals surface area contributed by atoms with E-state index in [0.717, 1.165) is 15.9 Å². The molecule has 18 atom stereocenters. The molecule has 0 aromatic heterocycles. The SMILES string of the molecule is CCP(CP(CCPCP(C)P)P(P)P)PP.CCPCP(P)CCP(CP(C)P(P)P)PP. The summed E-state index contributed by atoms with van der Waals surface area (Å²) >= 11 is 0. The van der Waals surface area contributed by atoms with Crippen LogP contribution in [0.2, 0.25) is 0 Å². The first-order valence-electron chi connectivity index (χ1n) is 10.9. The molecule has 0 aliphatic heterocycles. The van der Waals surface area contributed by atoms with Crippen LogP contribution in [0.4, 0.5) is 0 Å². The van der Waals surface area contributed by atoms with Gasteiger partial charge in [0.25, 0.3) is 0 Å². The second kappa shape index (κ2) is 31.6. The lowest BCUT2D eigenvalue weighted by Gasteiger charge is -2.26. The fourth-order valence-corrected chi connectivity index (χ4v) is 54.9. The van der Waals surface area contributed by atoms with Crippen molar-refractivity contribution in [1.29, 1.82) is 0 Å². The molecule has 18 unspecified atom stereocenters. The van der Waals surface area contributed by atoms with Gasteiger partial charge in [-0.25, -0.2) is 0 Å². The molecule has 208 valence electrons. The molecule has 0 nitrogen and oxygen atoms in total. The van der Waals surface area contributed by atoms with Gasteiger partial charge in [0.15, 0.2) is 0 Å². The van der Waals surface area contributed by atoms with E-state index in [4.69, 9.17) is 0 Å². The predicted molar refractivity (Wildman–Crippen MR) is 238 cm³/mol. The van der Waals surface area contributed by atoms with E-state index in [2.05, 4.69) is 98.6 Å². The van der Waals surface area contributed by atoms with Crippen LogP contribution in [-0.2, 0) is 0 Å². The van der Waals surface area contributed by atoms with E-state index >= 15 is 0 Å². The van der Waals surface area contributed by atoms with Gasteiger partial charge in [-0.05, 0) is 87.9 Å². The summed E-state index contributed by atoms with van der Waals surface area (Å²) in [6, 6.07) is 0. The van der Waals surface area contributed by atoms with Crippen molar-refractivity contribution >= 4 is 164 Å². The molecule has 0 N–H and O–H groups in total. The monoisotopic (exact) mass is 840 g/mol. The molecule has 0 spiro atoms. The van der Waals surface area contributed by atoms with Crippen LogP contribution >= 0.6 is 164 Å². The summed E-state index contributed by atoms with van der Waals surface area (Å²) in [6.07, 6.45) is 8.90. The van der Waals surface area contributed by atoms with Gasteiger partial charge in [-0.1, -0.05) is 75.4 Å². The maximum absolute atomic E-state index is 3.14. The first-order chi connectivity index (χ1) is 16.0. The molecule has 0 radical (unpaired) electrons.